The van der Waals surface area contributed by atoms with Crippen molar-refractivity contribution in [3.05, 3.63) is 52.8 Å². The summed E-state index contributed by atoms with van der Waals surface area (Å²) in [5, 5.41) is 3.05. The largest absolute Gasteiger partial charge is 0.374 e. The highest BCUT2D eigenvalue weighted by molar-refractivity contribution is 9.10. The van der Waals surface area contributed by atoms with Gasteiger partial charge >= 0.3 is 0 Å². The van der Waals surface area contributed by atoms with E-state index < -0.39 is 0 Å². The van der Waals surface area contributed by atoms with Gasteiger partial charge in [-0.1, -0.05) is 22.0 Å². The van der Waals surface area contributed by atoms with E-state index in [0.717, 1.165) is 15.8 Å². The van der Waals surface area contributed by atoms with Gasteiger partial charge in [0.2, 0.25) is 0 Å². The molecule has 19 heavy (non-hydrogen) atoms. The average Bonchev–Trinajstić information content (AvgIpc) is 2.39. The minimum atomic E-state index is -0.359. The molecule has 96 valence electrons. The Balaban J connectivity index is 2.13. The van der Waals surface area contributed by atoms with Crippen molar-refractivity contribution in [3.63, 3.8) is 0 Å². The summed E-state index contributed by atoms with van der Waals surface area (Å²) < 4.78 is 14.3. The van der Waals surface area contributed by atoms with Crippen molar-refractivity contribution in [1.82, 2.24) is 0 Å². The zero-order chi connectivity index (χ0) is 13.4. The molecule has 0 fully saturated rings. The van der Waals surface area contributed by atoms with E-state index in [0.29, 0.717) is 5.69 Å². The van der Waals surface area contributed by atoms with Crippen LogP contribution in [0.2, 0.25) is 0 Å². The number of nitrogens with one attached hydrogen (secondary N) is 1. The molecule has 0 aliphatic carbocycles. The number of anilines is 3. The van der Waals surface area contributed by atoms with Gasteiger partial charge in [-0.05, 0) is 36.4 Å². The minimum absolute atomic E-state index is 0.111. The molecule has 2 aromatic carbocycles. The van der Waals surface area contributed by atoms with Crippen LogP contribution in [0.3, 0.4) is 0 Å². The fourth-order valence-corrected chi connectivity index (χ4v) is 2.49. The van der Waals surface area contributed by atoms with Crippen molar-refractivity contribution >= 4 is 38.9 Å². The molecular weight excluding hydrogens is 311 g/mol. The van der Waals surface area contributed by atoms with Crippen LogP contribution in [0.4, 0.5) is 21.5 Å². The number of benzene rings is 2. The van der Waals surface area contributed by atoms with Gasteiger partial charge in [0.25, 0.3) is 5.91 Å². The Morgan fingerprint density at radius 2 is 2.05 bits per heavy atom. The van der Waals surface area contributed by atoms with Gasteiger partial charge < -0.3 is 5.32 Å². The molecule has 5 heteroatoms. The molecule has 1 heterocycles. The third-order valence-corrected chi connectivity index (χ3v) is 3.44. The van der Waals surface area contributed by atoms with Crippen LogP contribution in [0.25, 0.3) is 0 Å². The predicted octanol–water partition coefficient (Wildman–Crippen LogP) is 3.68. The lowest BCUT2D eigenvalue weighted by molar-refractivity contribution is -0.116. The number of rotatable bonds is 1. The molecule has 2 aromatic rings. The van der Waals surface area contributed by atoms with Crippen LogP contribution in [-0.2, 0) is 4.79 Å². The van der Waals surface area contributed by atoms with E-state index in [9.17, 15) is 9.18 Å². The van der Waals surface area contributed by atoms with Gasteiger partial charge in [0.05, 0.1) is 23.6 Å². The van der Waals surface area contributed by atoms with Crippen molar-refractivity contribution < 1.29 is 9.18 Å². The standard InChI is InChI=1S/C14H10BrFN2O/c15-9-4-5-13-12(6-9)17-8-14(19)18(13)11-3-1-2-10(16)7-11/h1-7,17H,8H2. The lowest BCUT2D eigenvalue weighted by Gasteiger charge is -2.30. The topological polar surface area (TPSA) is 32.3 Å². The second-order valence-corrected chi connectivity index (χ2v) is 5.14. The normalized spacial score (nSPS) is 14.0. The maximum absolute atomic E-state index is 13.3. The number of halogens is 2. The SMILES string of the molecule is O=C1CNc2cc(Br)ccc2N1c1cccc(F)c1. The van der Waals surface area contributed by atoms with Gasteiger partial charge in [0, 0.05) is 4.47 Å². The summed E-state index contributed by atoms with van der Waals surface area (Å²) >= 11 is 3.39. The van der Waals surface area contributed by atoms with Crippen molar-refractivity contribution in [1.29, 1.82) is 0 Å². The molecule has 0 spiro atoms. The number of amides is 1. The number of hydrogen-bond acceptors (Lipinski definition) is 2. The van der Waals surface area contributed by atoms with Crippen LogP contribution in [-0.4, -0.2) is 12.5 Å². The highest BCUT2D eigenvalue weighted by Gasteiger charge is 2.25. The number of hydrogen-bond donors (Lipinski definition) is 1. The van der Waals surface area contributed by atoms with E-state index in [1.54, 1.807) is 12.1 Å². The first-order valence-electron chi connectivity index (χ1n) is 5.77. The molecule has 3 nitrogen and oxygen atoms in total. The summed E-state index contributed by atoms with van der Waals surface area (Å²) in [6.07, 6.45) is 0. The maximum Gasteiger partial charge on any atom is 0.250 e. The highest BCUT2D eigenvalue weighted by atomic mass is 79.9. The summed E-state index contributed by atoms with van der Waals surface area (Å²) in [6.45, 7) is 0.194. The first-order chi connectivity index (χ1) is 9.15. The molecule has 0 unspecified atom stereocenters. The predicted molar refractivity (Wildman–Crippen MR) is 76.2 cm³/mol. The monoisotopic (exact) mass is 320 g/mol. The van der Waals surface area contributed by atoms with E-state index in [1.165, 1.54) is 17.0 Å². The maximum atomic E-state index is 13.3. The Labute approximate surface area is 118 Å². The molecule has 3 rings (SSSR count). The molecule has 0 saturated carbocycles. The van der Waals surface area contributed by atoms with Gasteiger partial charge in [0.1, 0.15) is 5.82 Å². The molecule has 0 radical (unpaired) electrons. The minimum Gasteiger partial charge on any atom is -0.374 e. The molecule has 0 aromatic heterocycles. The smallest absolute Gasteiger partial charge is 0.250 e. The molecule has 0 bridgehead atoms. The summed E-state index contributed by atoms with van der Waals surface area (Å²) in [5.41, 5.74) is 2.11. The Kier molecular flexibility index (Phi) is 2.98. The molecular formula is C14H10BrFN2O. The summed E-state index contributed by atoms with van der Waals surface area (Å²) in [4.78, 5) is 13.6. The van der Waals surface area contributed by atoms with Gasteiger partial charge in [-0.3, -0.25) is 9.69 Å². The molecule has 1 aliphatic heterocycles. The van der Waals surface area contributed by atoms with Crippen LogP contribution in [0.15, 0.2) is 46.9 Å². The lowest BCUT2D eigenvalue weighted by atomic mass is 10.1. The second kappa shape index (κ2) is 4.66. The van der Waals surface area contributed by atoms with Crippen LogP contribution < -0.4 is 10.2 Å². The average molecular weight is 321 g/mol. The molecule has 1 aliphatic rings. The zero-order valence-corrected chi connectivity index (χ0v) is 11.4. The summed E-state index contributed by atoms with van der Waals surface area (Å²) in [6, 6.07) is 11.6. The molecule has 1 N–H and O–H groups in total. The van der Waals surface area contributed by atoms with E-state index >= 15 is 0 Å². The summed E-state index contributed by atoms with van der Waals surface area (Å²) in [7, 11) is 0. The Hall–Kier alpha value is -1.88. The van der Waals surface area contributed by atoms with E-state index in [1.807, 2.05) is 18.2 Å². The lowest BCUT2D eigenvalue weighted by Crippen LogP contribution is -2.36. The van der Waals surface area contributed by atoms with Gasteiger partial charge in [-0.15, -0.1) is 0 Å². The Morgan fingerprint density at radius 1 is 1.21 bits per heavy atom. The first kappa shape index (κ1) is 12.2. The number of carbonyl (C=O) groups excluding carboxylic acids is 1. The van der Waals surface area contributed by atoms with Gasteiger partial charge in [0.15, 0.2) is 0 Å². The van der Waals surface area contributed by atoms with Crippen molar-refractivity contribution in [2.24, 2.45) is 0 Å². The van der Waals surface area contributed by atoms with Crippen LogP contribution in [0, 0.1) is 5.82 Å². The van der Waals surface area contributed by atoms with Crippen molar-refractivity contribution in [3.8, 4) is 0 Å². The fraction of sp³-hybridized carbons (Fsp3) is 0.0714. The fourth-order valence-electron chi connectivity index (χ4n) is 2.13. The molecule has 1 amide bonds. The molecule has 0 saturated heterocycles. The number of nitrogens with zero attached hydrogens (tertiary/aromatic N) is 1. The van der Waals surface area contributed by atoms with E-state index in [2.05, 4.69) is 21.2 Å². The van der Waals surface area contributed by atoms with E-state index in [-0.39, 0.29) is 18.3 Å². The van der Waals surface area contributed by atoms with Gasteiger partial charge in [-0.25, -0.2) is 4.39 Å². The second-order valence-electron chi connectivity index (χ2n) is 4.22. The van der Waals surface area contributed by atoms with Crippen LogP contribution in [0.1, 0.15) is 0 Å². The zero-order valence-electron chi connectivity index (χ0n) is 9.86. The molecule has 0 atom stereocenters. The Morgan fingerprint density at radius 3 is 2.84 bits per heavy atom. The van der Waals surface area contributed by atoms with Crippen LogP contribution in [0.5, 0.6) is 0 Å². The quantitative estimate of drug-likeness (QED) is 0.869. The third-order valence-electron chi connectivity index (χ3n) is 2.95. The first-order valence-corrected chi connectivity index (χ1v) is 6.56. The number of fused-ring (bicyclic) bond motifs is 1. The summed E-state index contributed by atoms with van der Waals surface area (Å²) in [5.74, 6) is -0.470. The van der Waals surface area contributed by atoms with Crippen molar-refractivity contribution in [2.75, 3.05) is 16.8 Å². The number of carbonyl (C=O) groups is 1. The van der Waals surface area contributed by atoms with Crippen molar-refractivity contribution in [2.45, 2.75) is 0 Å². The van der Waals surface area contributed by atoms with Gasteiger partial charge in [-0.2, -0.15) is 0 Å². The highest BCUT2D eigenvalue weighted by Crippen LogP contribution is 2.36. The third kappa shape index (κ3) is 2.21. The Bertz CT molecular complexity index is 660. The van der Waals surface area contributed by atoms with E-state index in [4.69, 9.17) is 0 Å². The van der Waals surface area contributed by atoms with Crippen LogP contribution >= 0.6 is 15.9 Å².